The summed E-state index contributed by atoms with van der Waals surface area (Å²) in [7, 11) is 0. The number of rotatable bonds is 3. The van der Waals surface area contributed by atoms with E-state index in [4.69, 9.17) is 9.97 Å². The minimum atomic E-state index is -0.526. The zero-order valence-corrected chi connectivity index (χ0v) is 32.0. The van der Waals surface area contributed by atoms with Crippen LogP contribution in [0.25, 0.3) is 99.2 Å². The van der Waals surface area contributed by atoms with E-state index in [1.807, 2.05) is 0 Å². The highest BCUT2D eigenvalue weighted by Crippen LogP contribution is 2.64. The van der Waals surface area contributed by atoms with Crippen molar-refractivity contribution in [3.8, 4) is 56.0 Å². The molecule has 1 atom stereocenters. The molecular formula is C57H34N2. The Labute approximate surface area is 341 Å². The van der Waals surface area contributed by atoms with E-state index < -0.39 is 5.41 Å². The zero-order valence-electron chi connectivity index (χ0n) is 32.0. The molecule has 0 amide bonds. The van der Waals surface area contributed by atoms with E-state index in [1.54, 1.807) is 0 Å². The molecule has 2 aliphatic carbocycles. The van der Waals surface area contributed by atoms with Crippen molar-refractivity contribution >= 4 is 43.2 Å². The van der Waals surface area contributed by atoms with Gasteiger partial charge in [0.1, 0.15) is 0 Å². The summed E-state index contributed by atoms with van der Waals surface area (Å²) >= 11 is 0. The molecule has 1 aromatic heterocycles. The first-order valence-corrected chi connectivity index (χ1v) is 20.4. The zero-order chi connectivity index (χ0) is 38.7. The SMILES string of the molecule is c1ccc(-c2ccc(-c3nc(-c4ccc5c(c4)C4(c6ccccc6-5)c5ccccc5-c5cc6c7ccccc7c7ccccc7c6cc54)nc4ccccc34)cc2)cc1. The topological polar surface area (TPSA) is 25.8 Å². The van der Waals surface area contributed by atoms with E-state index in [-0.39, 0.29) is 0 Å². The van der Waals surface area contributed by atoms with Crippen LogP contribution in [-0.2, 0) is 5.41 Å². The molecule has 1 spiro atoms. The minimum absolute atomic E-state index is 0.526. The number of para-hydroxylation sites is 1. The van der Waals surface area contributed by atoms with Crippen LogP contribution in [0.2, 0.25) is 0 Å². The van der Waals surface area contributed by atoms with Crippen LogP contribution in [0, 0.1) is 0 Å². The molecule has 11 aromatic rings. The maximum absolute atomic E-state index is 5.42. The van der Waals surface area contributed by atoms with Crippen LogP contribution in [0.15, 0.2) is 206 Å². The lowest BCUT2D eigenvalue weighted by Gasteiger charge is -2.31. The molecule has 2 aliphatic rings. The highest BCUT2D eigenvalue weighted by Gasteiger charge is 2.52. The largest absolute Gasteiger partial charge is 0.228 e. The van der Waals surface area contributed by atoms with Gasteiger partial charge >= 0.3 is 0 Å². The summed E-state index contributed by atoms with van der Waals surface area (Å²) in [5, 5.41) is 8.76. The van der Waals surface area contributed by atoms with Gasteiger partial charge in [-0.05, 0) is 112 Å². The summed E-state index contributed by atoms with van der Waals surface area (Å²) in [6, 6.07) is 75.6. The first kappa shape index (κ1) is 32.4. The van der Waals surface area contributed by atoms with Crippen molar-refractivity contribution < 1.29 is 0 Å². The number of nitrogens with zero attached hydrogens (tertiary/aromatic N) is 2. The van der Waals surface area contributed by atoms with Gasteiger partial charge in [-0.3, -0.25) is 0 Å². The third-order valence-corrected chi connectivity index (χ3v) is 13.1. The summed E-state index contributed by atoms with van der Waals surface area (Å²) in [4.78, 5) is 10.7. The molecule has 0 aliphatic heterocycles. The van der Waals surface area contributed by atoms with Gasteiger partial charge in [-0.1, -0.05) is 182 Å². The second kappa shape index (κ2) is 12.2. The molecule has 0 bridgehead atoms. The minimum Gasteiger partial charge on any atom is -0.228 e. The fraction of sp³-hybridized carbons (Fsp3) is 0.0175. The Morgan fingerprint density at radius 3 is 1.44 bits per heavy atom. The van der Waals surface area contributed by atoms with Crippen molar-refractivity contribution in [1.82, 2.24) is 9.97 Å². The van der Waals surface area contributed by atoms with Gasteiger partial charge in [-0.25, -0.2) is 9.97 Å². The van der Waals surface area contributed by atoms with Crippen LogP contribution >= 0.6 is 0 Å². The average molecular weight is 747 g/mol. The third-order valence-electron chi connectivity index (χ3n) is 13.1. The van der Waals surface area contributed by atoms with E-state index >= 15 is 0 Å². The van der Waals surface area contributed by atoms with Gasteiger partial charge in [0.25, 0.3) is 0 Å². The number of hydrogen-bond donors (Lipinski definition) is 0. The molecule has 10 aromatic carbocycles. The first-order valence-electron chi connectivity index (χ1n) is 20.4. The standard InChI is InChI=1S/C57H34N2/c1-2-14-35(15-3-1)36-26-28-37(29-27-36)55-46-22-10-13-25-54(46)58-56(59-55)38-30-31-45-43-20-8-11-23-50(43)57(52(45)32-38)51-24-12-9-21-44(51)49-33-47-41-18-6-4-16-39(41)40-17-5-7-19-42(40)48(47)34-53(49)57/h1-34H. The molecule has 0 saturated heterocycles. The summed E-state index contributed by atoms with van der Waals surface area (Å²) in [5.41, 5.74) is 16.2. The average Bonchev–Trinajstić information content (AvgIpc) is 3.77. The first-order chi connectivity index (χ1) is 29.3. The maximum Gasteiger partial charge on any atom is 0.160 e. The number of benzene rings is 10. The monoisotopic (exact) mass is 746 g/mol. The second-order valence-electron chi connectivity index (χ2n) is 16.0. The van der Waals surface area contributed by atoms with Gasteiger partial charge in [0.2, 0.25) is 0 Å². The Morgan fingerprint density at radius 1 is 0.271 bits per heavy atom. The molecule has 0 N–H and O–H groups in total. The number of hydrogen-bond acceptors (Lipinski definition) is 2. The highest BCUT2D eigenvalue weighted by atomic mass is 14.9. The molecule has 0 fully saturated rings. The predicted octanol–water partition coefficient (Wildman–Crippen LogP) is 14.4. The van der Waals surface area contributed by atoms with Gasteiger partial charge in [-0.15, -0.1) is 0 Å². The normalized spacial score (nSPS) is 14.8. The Balaban J connectivity index is 1.07. The van der Waals surface area contributed by atoms with Crippen LogP contribution in [0.1, 0.15) is 22.3 Å². The van der Waals surface area contributed by atoms with Gasteiger partial charge in [0.05, 0.1) is 16.6 Å². The summed E-state index contributed by atoms with van der Waals surface area (Å²) in [5.74, 6) is 0.724. The predicted molar refractivity (Wildman–Crippen MR) is 245 cm³/mol. The van der Waals surface area contributed by atoms with Gasteiger partial charge in [-0.2, -0.15) is 0 Å². The van der Waals surface area contributed by atoms with Crippen LogP contribution in [0.4, 0.5) is 0 Å². The lowest BCUT2D eigenvalue weighted by molar-refractivity contribution is 0.795. The van der Waals surface area contributed by atoms with Crippen LogP contribution < -0.4 is 0 Å². The number of fused-ring (bicyclic) bond motifs is 17. The second-order valence-corrected chi connectivity index (χ2v) is 16.0. The maximum atomic E-state index is 5.42. The van der Waals surface area contributed by atoms with Crippen molar-refractivity contribution in [3.05, 3.63) is 229 Å². The van der Waals surface area contributed by atoms with Crippen LogP contribution in [0.3, 0.4) is 0 Å². The summed E-state index contributed by atoms with van der Waals surface area (Å²) < 4.78 is 0. The third kappa shape index (κ3) is 4.46. The lowest BCUT2D eigenvalue weighted by Crippen LogP contribution is -2.26. The Kier molecular flexibility index (Phi) is 6.68. The van der Waals surface area contributed by atoms with Crippen molar-refractivity contribution in [1.29, 1.82) is 0 Å². The van der Waals surface area contributed by atoms with Crippen molar-refractivity contribution in [2.45, 2.75) is 5.41 Å². The molecule has 59 heavy (non-hydrogen) atoms. The van der Waals surface area contributed by atoms with Crippen molar-refractivity contribution in [2.24, 2.45) is 0 Å². The van der Waals surface area contributed by atoms with Gasteiger partial charge < -0.3 is 0 Å². The van der Waals surface area contributed by atoms with E-state index in [2.05, 4.69) is 206 Å². The molecular weight excluding hydrogens is 713 g/mol. The summed E-state index contributed by atoms with van der Waals surface area (Å²) in [6.07, 6.45) is 0. The van der Waals surface area contributed by atoms with Crippen LogP contribution in [-0.4, -0.2) is 9.97 Å². The van der Waals surface area contributed by atoms with E-state index in [0.717, 1.165) is 33.5 Å². The fourth-order valence-electron chi connectivity index (χ4n) is 10.5. The van der Waals surface area contributed by atoms with Crippen LogP contribution in [0.5, 0.6) is 0 Å². The molecule has 0 radical (unpaired) electrons. The Hall–Kier alpha value is -7.68. The Bertz CT molecular complexity index is 3550. The molecule has 2 heteroatoms. The molecule has 272 valence electrons. The van der Waals surface area contributed by atoms with E-state index in [0.29, 0.717) is 0 Å². The molecule has 1 unspecified atom stereocenters. The highest BCUT2D eigenvalue weighted by molar-refractivity contribution is 6.26. The van der Waals surface area contributed by atoms with Crippen molar-refractivity contribution in [2.75, 3.05) is 0 Å². The van der Waals surface area contributed by atoms with Crippen molar-refractivity contribution in [3.63, 3.8) is 0 Å². The van der Waals surface area contributed by atoms with Gasteiger partial charge in [0, 0.05) is 16.5 Å². The van der Waals surface area contributed by atoms with Gasteiger partial charge in [0.15, 0.2) is 5.82 Å². The van der Waals surface area contributed by atoms with E-state index in [1.165, 1.54) is 88.0 Å². The fourth-order valence-corrected chi connectivity index (χ4v) is 10.5. The summed E-state index contributed by atoms with van der Waals surface area (Å²) in [6.45, 7) is 0. The molecule has 13 rings (SSSR count). The lowest BCUT2D eigenvalue weighted by atomic mass is 9.70. The Morgan fingerprint density at radius 2 is 0.746 bits per heavy atom. The molecule has 0 saturated carbocycles. The number of aromatic nitrogens is 2. The quantitative estimate of drug-likeness (QED) is 0.168. The molecule has 1 heterocycles. The molecule has 2 nitrogen and oxygen atoms in total. The smallest absolute Gasteiger partial charge is 0.160 e. The van der Waals surface area contributed by atoms with E-state index in [9.17, 15) is 0 Å².